The molecule has 3 heteroatoms. The normalized spacial score (nSPS) is 16.0. The molecule has 0 N–H and O–H groups in total. The number of rotatable bonds is 8. The predicted octanol–water partition coefficient (Wildman–Crippen LogP) is 2.38. The van der Waals surface area contributed by atoms with Gasteiger partial charge in [-0.15, -0.1) is 0 Å². The van der Waals surface area contributed by atoms with Gasteiger partial charge in [-0.25, -0.2) is 0 Å². The zero-order valence-electron chi connectivity index (χ0n) is 11.3. The van der Waals surface area contributed by atoms with Crippen LogP contribution in [0.25, 0.3) is 0 Å². The van der Waals surface area contributed by atoms with Crippen molar-refractivity contribution in [3.05, 3.63) is 0 Å². The molecule has 3 nitrogen and oxygen atoms in total. The third kappa shape index (κ3) is 4.96. The molecular formula is C12H28N2O. The van der Waals surface area contributed by atoms with Gasteiger partial charge in [0.1, 0.15) is 12.5 Å². The molecule has 0 saturated carbocycles. The largest absolute Gasteiger partial charge is 0.345 e. The van der Waals surface area contributed by atoms with Gasteiger partial charge in [0.2, 0.25) is 0 Å². The SMILES string of the molecule is CCN(CC)C(C)OC(C)N(CC)CC. The molecule has 0 aromatic heterocycles. The second-order valence-corrected chi connectivity index (χ2v) is 3.78. The lowest BCUT2D eigenvalue weighted by molar-refractivity contribution is -0.134. The van der Waals surface area contributed by atoms with Crippen LogP contribution in [0, 0.1) is 0 Å². The van der Waals surface area contributed by atoms with Crippen LogP contribution in [0.1, 0.15) is 41.5 Å². The first-order valence-corrected chi connectivity index (χ1v) is 6.24. The van der Waals surface area contributed by atoms with Gasteiger partial charge in [0.15, 0.2) is 0 Å². The highest BCUT2D eigenvalue weighted by molar-refractivity contribution is 4.59. The molecule has 0 saturated heterocycles. The smallest absolute Gasteiger partial charge is 0.109 e. The number of ether oxygens (including phenoxy) is 1. The molecule has 0 aliphatic rings. The van der Waals surface area contributed by atoms with Gasteiger partial charge in [-0.2, -0.15) is 0 Å². The van der Waals surface area contributed by atoms with E-state index in [4.69, 9.17) is 4.74 Å². The lowest BCUT2D eigenvalue weighted by Gasteiger charge is -2.33. The first-order valence-electron chi connectivity index (χ1n) is 6.24. The second-order valence-electron chi connectivity index (χ2n) is 3.78. The van der Waals surface area contributed by atoms with Crippen LogP contribution in [-0.2, 0) is 4.74 Å². The number of hydrogen-bond donors (Lipinski definition) is 0. The fourth-order valence-electron chi connectivity index (χ4n) is 1.93. The molecule has 0 aromatic rings. The second kappa shape index (κ2) is 8.08. The van der Waals surface area contributed by atoms with E-state index in [2.05, 4.69) is 51.3 Å². The van der Waals surface area contributed by atoms with Gasteiger partial charge in [0.05, 0.1) is 0 Å². The highest BCUT2D eigenvalue weighted by Crippen LogP contribution is 2.07. The summed E-state index contributed by atoms with van der Waals surface area (Å²) >= 11 is 0. The average molecular weight is 216 g/mol. The van der Waals surface area contributed by atoms with Gasteiger partial charge < -0.3 is 4.74 Å². The first-order chi connectivity index (χ1) is 7.10. The molecule has 0 aromatic carbocycles. The van der Waals surface area contributed by atoms with Crippen LogP contribution in [0.2, 0.25) is 0 Å². The summed E-state index contributed by atoms with van der Waals surface area (Å²) in [7, 11) is 0. The summed E-state index contributed by atoms with van der Waals surface area (Å²) in [6, 6.07) is 0. The summed E-state index contributed by atoms with van der Waals surface area (Å²) in [6.45, 7) is 17.1. The first kappa shape index (κ1) is 14.9. The van der Waals surface area contributed by atoms with E-state index < -0.39 is 0 Å². The van der Waals surface area contributed by atoms with Crippen molar-refractivity contribution in [2.24, 2.45) is 0 Å². The van der Waals surface area contributed by atoms with E-state index in [9.17, 15) is 0 Å². The summed E-state index contributed by atoms with van der Waals surface area (Å²) in [5.74, 6) is 0. The lowest BCUT2D eigenvalue weighted by atomic mass is 10.4. The van der Waals surface area contributed by atoms with E-state index in [1.54, 1.807) is 0 Å². The van der Waals surface area contributed by atoms with Crippen molar-refractivity contribution in [1.29, 1.82) is 0 Å². The quantitative estimate of drug-likeness (QED) is 0.579. The third-order valence-electron chi connectivity index (χ3n) is 3.05. The average Bonchev–Trinajstić information content (AvgIpc) is 2.21. The molecule has 2 unspecified atom stereocenters. The molecule has 92 valence electrons. The Labute approximate surface area is 95.4 Å². The van der Waals surface area contributed by atoms with Crippen LogP contribution >= 0.6 is 0 Å². The maximum absolute atomic E-state index is 5.99. The van der Waals surface area contributed by atoms with Gasteiger partial charge in [0.25, 0.3) is 0 Å². The zero-order valence-corrected chi connectivity index (χ0v) is 11.3. The van der Waals surface area contributed by atoms with Crippen molar-refractivity contribution >= 4 is 0 Å². The minimum absolute atomic E-state index is 0.204. The standard InChI is InChI=1S/C12H28N2O/c1-7-13(8-2)11(5)15-12(6)14(9-3)10-4/h11-12H,7-10H2,1-6H3. The maximum Gasteiger partial charge on any atom is 0.109 e. The lowest BCUT2D eigenvalue weighted by Crippen LogP contribution is -2.42. The summed E-state index contributed by atoms with van der Waals surface area (Å²) in [5, 5.41) is 0. The zero-order chi connectivity index (χ0) is 11.8. The van der Waals surface area contributed by atoms with Crippen LogP contribution < -0.4 is 0 Å². The Morgan fingerprint density at radius 2 is 1.00 bits per heavy atom. The molecule has 0 rings (SSSR count). The van der Waals surface area contributed by atoms with Crippen LogP contribution in [0.15, 0.2) is 0 Å². The van der Waals surface area contributed by atoms with Crippen LogP contribution in [0.4, 0.5) is 0 Å². The van der Waals surface area contributed by atoms with Crippen molar-refractivity contribution in [3.63, 3.8) is 0 Å². The molecule has 0 amide bonds. The van der Waals surface area contributed by atoms with Crippen molar-refractivity contribution in [2.45, 2.75) is 54.0 Å². The predicted molar refractivity (Wildman–Crippen MR) is 65.9 cm³/mol. The molecule has 15 heavy (non-hydrogen) atoms. The molecule has 0 heterocycles. The molecule has 0 aliphatic carbocycles. The van der Waals surface area contributed by atoms with Gasteiger partial charge in [-0.1, -0.05) is 27.7 Å². The Morgan fingerprint density at radius 3 is 1.20 bits per heavy atom. The Balaban J connectivity index is 4.08. The van der Waals surface area contributed by atoms with E-state index in [1.807, 2.05) is 0 Å². The summed E-state index contributed by atoms with van der Waals surface area (Å²) in [5.41, 5.74) is 0. The molecular weight excluding hydrogens is 188 g/mol. The van der Waals surface area contributed by atoms with Crippen LogP contribution in [-0.4, -0.2) is 48.4 Å². The summed E-state index contributed by atoms with van der Waals surface area (Å²) in [4.78, 5) is 4.64. The molecule has 0 radical (unpaired) electrons. The van der Waals surface area contributed by atoms with E-state index in [-0.39, 0.29) is 12.5 Å². The van der Waals surface area contributed by atoms with Crippen LogP contribution in [0.3, 0.4) is 0 Å². The van der Waals surface area contributed by atoms with Crippen molar-refractivity contribution in [3.8, 4) is 0 Å². The molecule has 0 bridgehead atoms. The third-order valence-corrected chi connectivity index (χ3v) is 3.05. The fraction of sp³-hybridized carbons (Fsp3) is 1.00. The highest BCUT2D eigenvalue weighted by Gasteiger charge is 2.17. The minimum atomic E-state index is 0.204. The molecule has 2 atom stereocenters. The monoisotopic (exact) mass is 216 g/mol. The summed E-state index contributed by atoms with van der Waals surface area (Å²) in [6.07, 6.45) is 0.409. The molecule has 0 aliphatic heterocycles. The van der Waals surface area contributed by atoms with Crippen molar-refractivity contribution < 1.29 is 4.74 Å². The van der Waals surface area contributed by atoms with E-state index in [1.165, 1.54) is 0 Å². The summed E-state index contributed by atoms with van der Waals surface area (Å²) < 4.78 is 5.99. The van der Waals surface area contributed by atoms with E-state index >= 15 is 0 Å². The van der Waals surface area contributed by atoms with Crippen molar-refractivity contribution in [2.75, 3.05) is 26.2 Å². The van der Waals surface area contributed by atoms with E-state index in [0.29, 0.717) is 0 Å². The van der Waals surface area contributed by atoms with E-state index in [0.717, 1.165) is 26.2 Å². The Kier molecular flexibility index (Phi) is 8.02. The Bertz CT molecular complexity index is 129. The number of hydrogen-bond acceptors (Lipinski definition) is 3. The fourth-order valence-corrected chi connectivity index (χ4v) is 1.93. The molecule has 0 fully saturated rings. The van der Waals surface area contributed by atoms with Gasteiger partial charge in [-0.3, -0.25) is 9.80 Å². The van der Waals surface area contributed by atoms with Gasteiger partial charge in [0, 0.05) is 0 Å². The Morgan fingerprint density at radius 1 is 0.733 bits per heavy atom. The maximum atomic E-state index is 5.99. The van der Waals surface area contributed by atoms with Crippen LogP contribution in [0.5, 0.6) is 0 Å². The highest BCUT2D eigenvalue weighted by atomic mass is 16.5. The topological polar surface area (TPSA) is 15.7 Å². The minimum Gasteiger partial charge on any atom is -0.345 e. The van der Waals surface area contributed by atoms with Crippen molar-refractivity contribution in [1.82, 2.24) is 9.80 Å². The Hall–Kier alpha value is -0.120. The van der Waals surface area contributed by atoms with Gasteiger partial charge >= 0.3 is 0 Å². The number of nitrogens with zero attached hydrogens (tertiary/aromatic N) is 2. The van der Waals surface area contributed by atoms with Gasteiger partial charge in [-0.05, 0) is 40.0 Å². The molecule has 0 spiro atoms.